The van der Waals surface area contributed by atoms with Gasteiger partial charge in [0.1, 0.15) is 18.1 Å². The molecule has 0 spiro atoms. The van der Waals surface area contributed by atoms with Gasteiger partial charge in [0, 0.05) is 17.6 Å². The van der Waals surface area contributed by atoms with E-state index in [0.29, 0.717) is 40.7 Å². The van der Waals surface area contributed by atoms with Crippen LogP contribution in [0.2, 0.25) is 0 Å². The van der Waals surface area contributed by atoms with Gasteiger partial charge in [-0.25, -0.2) is 0 Å². The molecule has 1 aromatic heterocycles. The van der Waals surface area contributed by atoms with Crippen molar-refractivity contribution in [2.45, 2.75) is 18.4 Å². The summed E-state index contributed by atoms with van der Waals surface area (Å²) in [6.45, 7) is 0.580. The average Bonchev–Trinajstić information content (AvgIpc) is 3.63. The number of methoxy groups -OCH3 is 1. The van der Waals surface area contributed by atoms with E-state index in [4.69, 9.17) is 19.9 Å². The first-order valence-electron chi connectivity index (χ1n) is 11.2. The lowest BCUT2D eigenvalue weighted by atomic mass is 10.0. The predicted molar refractivity (Wildman–Crippen MR) is 132 cm³/mol. The predicted octanol–water partition coefficient (Wildman–Crippen LogP) is 4.76. The summed E-state index contributed by atoms with van der Waals surface area (Å²) < 4.78 is 18.0. The van der Waals surface area contributed by atoms with Crippen LogP contribution in [0.5, 0.6) is 23.0 Å². The van der Waals surface area contributed by atoms with E-state index in [2.05, 4.69) is 24.0 Å². The van der Waals surface area contributed by atoms with Crippen molar-refractivity contribution in [2.24, 2.45) is 5.73 Å². The van der Waals surface area contributed by atoms with Crippen molar-refractivity contribution in [3.8, 4) is 23.0 Å². The van der Waals surface area contributed by atoms with Gasteiger partial charge in [-0.15, -0.1) is 0 Å². The number of nitrogens with zero attached hydrogens (tertiary/aromatic N) is 2. The van der Waals surface area contributed by atoms with Gasteiger partial charge in [0.15, 0.2) is 11.5 Å². The van der Waals surface area contributed by atoms with Crippen molar-refractivity contribution >= 4 is 27.6 Å². The number of hydrogen-bond donors (Lipinski definition) is 1. The summed E-state index contributed by atoms with van der Waals surface area (Å²) in [6, 6.07) is 16.7. The van der Waals surface area contributed by atoms with Crippen LogP contribution in [-0.4, -0.2) is 49.1 Å². The normalized spacial score (nSPS) is 14.4. The van der Waals surface area contributed by atoms with Gasteiger partial charge in [0.25, 0.3) is 5.91 Å². The number of fused-ring (bicyclic) bond motifs is 2. The Balaban J connectivity index is 1.53. The molecule has 1 aliphatic rings. The molecular weight excluding hydrogens is 430 g/mol. The third kappa shape index (κ3) is 3.88. The highest BCUT2D eigenvalue weighted by atomic mass is 16.5. The van der Waals surface area contributed by atoms with E-state index in [-0.39, 0.29) is 5.54 Å². The van der Waals surface area contributed by atoms with Gasteiger partial charge in [-0.05, 0) is 55.9 Å². The molecule has 4 aromatic rings. The number of nitrogens with two attached hydrogens (primary N) is 1. The number of hydrogen-bond acceptors (Lipinski definition) is 6. The average molecular weight is 458 g/mol. The van der Waals surface area contributed by atoms with Gasteiger partial charge in [-0.1, -0.05) is 30.3 Å². The van der Waals surface area contributed by atoms with E-state index in [0.717, 1.165) is 29.0 Å². The highest BCUT2D eigenvalue weighted by molar-refractivity contribution is 6.09. The van der Waals surface area contributed by atoms with Crippen LogP contribution in [0.1, 0.15) is 23.2 Å². The third-order valence-corrected chi connectivity index (χ3v) is 6.62. The molecule has 0 aliphatic heterocycles. The Kier molecular flexibility index (Phi) is 5.49. The molecule has 5 rings (SSSR count). The first kappa shape index (κ1) is 22.0. The smallest absolute Gasteiger partial charge is 0.253 e. The molecule has 1 aliphatic carbocycles. The molecule has 2 N–H and O–H groups in total. The summed E-state index contributed by atoms with van der Waals surface area (Å²) in [4.78, 5) is 19.0. The van der Waals surface area contributed by atoms with Gasteiger partial charge in [0.2, 0.25) is 0 Å². The van der Waals surface area contributed by atoms with Crippen LogP contribution >= 0.6 is 0 Å². The maximum absolute atomic E-state index is 12.3. The van der Waals surface area contributed by atoms with Crippen LogP contribution in [-0.2, 0) is 0 Å². The van der Waals surface area contributed by atoms with E-state index in [9.17, 15) is 4.79 Å². The molecule has 7 heteroatoms. The van der Waals surface area contributed by atoms with E-state index in [1.54, 1.807) is 25.4 Å². The van der Waals surface area contributed by atoms with Crippen LogP contribution in [0.25, 0.3) is 21.7 Å². The molecule has 174 valence electrons. The highest BCUT2D eigenvalue weighted by Crippen LogP contribution is 2.43. The maximum atomic E-state index is 12.3. The molecule has 1 amide bonds. The maximum Gasteiger partial charge on any atom is 0.253 e. The first-order valence-corrected chi connectivity index (χ1v) is 11.2. The van der Waals surface area contributed by atoms with Crippen molar-refractivity contribution in [3.05, 3.63) is 66.4 Å². The molecule has 0 radical (unpaired) electrons. The van der Waals surface area contributed by atoms with Crippen molar-refractivity contribution in [3.63, 3.8) is 0 Å². The highest BCUT2D eigenvalue weighted by Gasteiger charge is 2.45. The minimum Gasteiger partial charge on any atom is -0.493 e. The van der Waals surface area contributed by atoms with Crippen molar-refractivity contribution in [1.29, 1.82) is 0 Å². The second-order valence-electron chi connectivity index (χ2n) is 8.86. The number of pyridine rings is 1. The number of carbonyl (C=O) groups excluding carboxylic acids is 1. The lowest BCUT2D eigenvalue weighted by molar-refractivity contribution is 0.1000. The first-order chi connectivity index (χ1) is 16.4. The fourth-order valence-electron chi connectivity index (χ4n) is 4.28. The monoisotopic (exact) mass is 457 g/mol. The van der Waals surface area contributed by atoms with Gasteiger partial charge < -0.3 is 24.8 Å². The minimum absolute atomic E-state index is 0.0829. The van der Waals surface area contributed by atoms with Crippen molar-refractivity contribution < 1.29 is 19.0 Å². The van der Waals surface area contributed by atoms with E-state index in [1.807, 2.05) is 42.5 Å². The Labute approximate surface area is 198 Å². The zero-order chi connectivity index (χ0) is 23.9. The van der Waals surface area contributed by atoms with Crippen LogP contribution in [0.3, 0.4) is 0 Å². The fraction of sp³-hybridized carbons (Fsp3) is 0.259. The summed E-state index contributed by atoms with van der Waals surface area (Å²) in [5.41, 5.74) is 6.86. The lowest BCUT2D eigenvalue weighted by Crippen LogP contribution is -2.35. The quantitative estimate of drug-likeness (QED) is 0.411. The molecule has 7 nitrogen and oxygen atoms in total. The van der Waals surface area contributed by atoms with E-state index < -0.39 is 5.91 Å². The summed E-state index contributed by atoms with van der Waals surface area (Å²) in [5.74, 6) is 1.61. The topological polar surface area (TPSA) is 86.9 Å². The Bertz CT molecular complexity index is 1400. The molecule has 1 fully saturated rings. The zero-order valence-electron chi connectivity index (χ0n) is 19.5. The summed E-state index contributed by atoms with van der Waals surface area (Å²) in [7, 11) is 5.76. The molecule has 0 atom stereocenters. The van der Waals surface area contributed by atoms with E-state index >= 15 is 0 Å². The third-order valence-electron chi connectivity index (χ3n) is 6.62. The number of ether oxygens (including phenoxy) is 3. The van der Waals surface area contributed by atoms with Crippen LogP contribution < -0.4 is 19.9 Å². The molecule has 0 saturated heterocycles. The summed E-state index contributed by atoms with van der Waals surface area (Å²) in [5, 5.41) is 2.40. The number of primary amides is 1. The van der Waals surface area contributed by atoms with Gasteiger partial charge in [0.05, 0.1) is 23.7 Å². The molecule has 34 heavy (non-hydrogen) atoms. The molecule has 1 heterocycles. The Morgan fingerprint density at radius 3 is 2.50 bits per heavy atom. The van der Waals surface area contributed by atoms with Crippen molar-refractivity contribution in [2.75, 3.05) is 27.8 Å². The van der Waals surface area contributed by atoms with Crippen LogP contribution in [0.4, 0.5) is 0 Å². The molecule has 0 bridgehead atoms. The number of aromatic nitrogens is 1. The molecular formula is C27H27N3O4. The second kappa shape index (κ2) is 8.50. The number of carbonyl (C=O) groups is 1. The SMILES string of the molecule is COc1cc2c(Oc3ccc4ccccc4c3C(N)=O)ccnc2cc1OCC1(N(C)C)CC1. The molecule has 3 aromatic carbocycles. The van der Waals surface area contributed by atoms with Crippen molar-refractivity contribution in [1.82, 2.24) is 9.88 Å². The number of rotatable bonds is 8. The standard InChI is InChI=1S/C27H27N3O4/c1-30(2)27(11-12-27)16-33-24-15-20-19(14-23(24)32-3)21(10-13-29-20)34-22-9-8-17-6-4-5-7-18(17)25(22)26(28)31/h4-10,13-15H,11-12,16H2,1-3H3,(H2,28,31). The summed E-state index contributed by atoms with van der Waals surface area (Å²) in [6.07, 6.45) is 3.89. The van der Waals surface area contributed by atoms with Crippen LogP contribution in [0.15, 0.2) is 60.8 Å². The number of amides is 1. The second-order valence-corrected chi connectivity index (χ2v) is 8.86. The molecule has 1 saturated carbocycles. The number of likely N-dealkylation sites (N-methyl/N-ethyl adjacent to an activating group) is 1. The van der Waals surface area contributed by atoms with Gasteiger partial charge >= 0.3 is 0 Å². The van der Waals surface area contributed by atoms with E-state index in [1.165, 1.54) is 0 Å². The van der Waals surface area contributed by atoms with Gasteiger partial charge in [-0.2, -0.15) is 0 Å². The van der Waals surface area contributed by atoms with Crippen LogP contribution in [0, 0.1) is 0 Å². The van der Waals surface area contributed by atoms with Gasteiger partial charge in [-0.3, -0.25) is 9.78 Å². The minimum atomic E-state index is -0.548. The largest absolute Gasteiger partial charge is 0.493 e. The fourth-order valence-corrected chi connectivity index (χ4v) is 4.28. The Morgan fingerprint density at radius 1 is 1.00 bits per heavy atom. The lowest BCUT2D eigenvalue weighted by Gasteiger charge is -2.24. The zero-order valence-corrected chi connectivity index (χ0v) is 19.5. The summed E-state index contributed by atoms with van der Waals surface area (Å²) >= 11 is 0. The Morgan fingerprint density at radius 2 is 1.79 bits per heavy atom. The Hall–Kier alpha value is -3.84. The number of benzene rings is 3. The molecule has 0 unspecified atom stereocenters.